The molecule has 0 saturated carbocycles. The number of benzene rings is 2. The molecule has 0 bridgehead atoms. The largest absolute Gasteiger partial charge is 0.282 e. The van der Waals surface area contributed by atoms with Gasteiger partial charge in [0.15, 0.2) is 5.82 Å². The third-order valence-electron chi connectivity index (χ3n) is 3.22. The normalized spacial score (nSPS) is 10.6. The van der Waals surface area contributed by atoms with Gasteiger partial charge < -0.3 is 0 Å². The summed E-state index contributed by atoms with van der Waals surface area (Å²) in [6.07, 6.45) is 1.76. The quantitative estimate of drug-likeness (QED) is 0.695. The van der Waals surface area contributed by atoms with Crippen molar-refractivity contribution in [2.75, 3.05) is 0 Å². The lowest BCUT2D eigenvalue weighted by atomic mass is 10.1. The highest BCUT2D eigenvalue weighted by Gasteiger charge is 2.11. The number of rotatable bonds is 2. The van der Waals surface area contributed by atoms with Gasteiger partial charge in [0.1, 0.15) is 6.33 Å². The number of nitrogens with zero attached hydrogens (tertiary/aromatic N) is 3. The minimum Gasteiger partial charge on any atom is -0.282 e. The highest BCUT2D eigenvalue weighted by atomic mass is 15.3. The molecule has 0 fully saturated rings. The molecule has 1 aromatic heterocycles. The highest BCUT2D eigenvalue weighted by Crippen LogP contribution is 2.24. The van der Waals surface area contributed by atoms with Crippen molar-refractivity contribution >= 4 is 0 Å². The monoisotopic (exact) mass is 249 g/mol. The van der Waals surface area contributed by atoms with Crippen LogP contribution >= 0.6 is 0 Å². The molecule has 3 aromatic rings. The maximum absolute atomic E-state index is 4.28. The molecule has 1 heterocycles. The van der Waals surface area contributed by atoms with E-state index in [0.717, 1.165) is 17.1 Å². The van der Waals surface area contributed by atoms with Crippen molar-refractivity contribution in [3.05, 3.63) is 66.0 Å². The highest BCUT2D eigenvalue weighted by molar-refractivity contribution is 5.63. The van der Waals surface area contributed by atoms with E-state index in [1.807, 2.05) is 22.8 Å². The van der Waals surface area contributed by atoms with E-state index >= 15 is 0 Å². The summed E-state index contributed by atoms with van der Waals surface area (Å²) >= 11 is 0. The van der Waals surface area contributed by atoms with Crippen LogP contribution in [0.5, 0.6) is 0 Å². The molecule has 0 amide bonds. The summed E-state index contributed by atoms with van der Waals surface area (Å²) in [5, 5.41) is 8.34. The molecule has 0 aliphatic carbocycles. The lowest BCUT2D eigenvalue weighted by Gasteiger charge is -2.09. The number of aryl methyl sites for hydroxylation is 2. The summed E-state index contributed by atoms with van der Waals surface area (Å²) < 4.78 is 2.02. The Bertz CT molecular complexity index is 699. The van der Waals surface area contributed by atoms with Crippen LogP contribution in [0.2, 0.25) is 0 Å². The SMILES string of the molecule is Cc1ccc(C)c(-c2nncn2-c2ccccc2)c1. The van der Waals surface area contributed by atoms with Crippen LogP contribution in [0.1, 0.15) is 11.1 Å². The first-order valence-electron chi connectivity index (χ1n) is 6.29. The molecule has 19 heavy (non-hydrogen) atoms. The second-order valence-corrected chi connectivity index (χ2v) is 4.68. The Balaban J connectivity index is 2.18. The Morgan fingerprint density at radius 3 is 2.53 bits per heavy atom. The summed E-state index contributed by atoms with van der Waals surface area (Å²) in [6.45, 7) is 4.19. The van der Waals surface area contributed by atoms with Gasteiger partial charge in [-0.3, -0.25) is 4.57 Å². The van der Waals surface area contributed by atoms with Crippen molar-refractivity contribution in [1.82, 2.24) is 14.8 Å². The number of hydrogen-bond donors (Lipinski definition) is 0. The average Bonchev–Trinajstić information content (AvgIpc) is 2.91. The number of aromatic nitrogens is 3. The van der Waals surface area contributed by atoms with Crippen LogP contribution in [0.3, 0.4) is 0 Å². The first-order chi connectivity index (χ1) is 9.25. The van der Waals surface area contributed by atoms with Crippen molar-refractivity contribution in [1.29, 1.82) is 0 Å². The van der Waals surface area contributed by atoms with Gasteiger partial charge in [-0.05, 0) is 37.6 Å². The van der Waals surface area contributed by atoms with Gasteiger partial charge in [-0.2, -0.15) is 0 Å². The predicted octanol–water partition coefficient (Wildman–Crippen LogP) is 3.55. The molecule has 2 aromatic carbocycles. The third-order valence-corrected chi connectivity index (χ3v) is 3.22. The van der Waals surface area contributed by atoms with Gasteiger partial charge in [0.25, 0.3) is 0 Å². The van der Waals surface area contributed by atoms with Crippen LogP contribution in [-0.2, 0) is 0 Å². The molecule has 3 nitrogen and oxygen atoms in total. The maximum Gasteiger partial charge on any atom is 0.168 e. The van der Waals surface area contributed by atoms with Crippen LogP contribution < -0.4 is 0 Å². The van der Waals surface area contributed by atoms with Crippen molar-refractivity contribution in [2.24, 2.45) is 0 Å². The minimum atomic E-state index is 0.882. The first kappa shape index (κ1) is 11.7. The molecule has 0 aliphatic heterocycles. The fraction of sp³-hybridized carbons (Fsp3) is 0.125. The fourth-order valence-electron chi connectivity index (χ4n) is 2.17. The Morgan fingerprint density at radius 1 is 0.947 bits per heavy atom. The van der Waals surface area contributed by atoms with E-state index < -0.39 is 0 Å². The average molecular weight is 249 g/mol. The van der Waals surface area contributed by atoms with Gasteiger partial charge in [0, 0.05) is 11.3 Å². The van der Waals surface area contributed by atoms with Gasteiger partial charge in [-0.25, -0.2) is 0 Å². The maximum atomic E-state index is 4.28. The number of hydrogen-bond acceptors (Lipinski definition) is 2. The van der Waals surface area contributed by atoms with Crippen LogP contribution in [0.15, 0.2) is 54.9 Å². The van der Waals surface area contributed by atoms with Crippen LogP contribution in [-0.4, -0.2) is 14.8 Å². The summed E-state index contributed by atoms with van der Waals surface area (Å²) in [5.41, 5.74) is 4.63. The summed E-state index contributed by atoms with van der Waals surface area (Å²) in [6, 6.07) is 16.5. The Morgan fingerprint density at radius 2 is 1.74 bits per heavy atom. The Kier molecular flexibility index (Phi) is 2.88. The molecule has 3 heteroatoms. The summed E-state index contributed by atoms with van der Waals surface area (Å²) in [7, 11) is 0. The predicted molar refractivity (Wildman–Crippen MR) is 76.3 cm³/mol. The summed E-state index contributed by atoms with van der Waals surface area (Å²) in [4.78, 5) is 0. The lowest BCUT2D eigenvalue weighted by Crippen LogP contribution is -1.97. The molecule has 0 aliphatic rings. The zero-order chi connectivity index (χ0) is 13.2. The molecule has 0 spiro atoms. The van der Waals surface area contributed by atoms with E-state index in [1.165, 1.54) is 11.1 Å². The standard InChI is InChI=1S/C16H15N3/c1-12-8-9-13(2)15(10-12)16-18-17-11-19(16)14-6-4-3-5-7-14/h3-11H,1-2H3. The van der Waals surface area contributed by atoms with Crippen LogP contribution in [0.25, 0.3) is 17.1 Å². The Hall–Kier alpha value is -2.42. The van der Waals surface area contributed by atoms with Crippen LogP contribution in [0, 0.1) is 13.8 Å². The van der Waals surface area contributed by atoms with E-state index in [9.17, 15) is 0 Å². The molecule has 0 atom stereocenters. The van der Waals surface area contributed by atoms with Crippen LogP contribution in [0.4, 0.5) is 0 Å². The third kappa shape index (κ3) is 2.15. The molecular formula is C16H15N3. The molecule has 0 radical (unpaired) electrons. The van der Waals surface area contributed by atoms with E-state index in [-0.39, 0.29) is 0 Å². The Labute approximate surface area is 112 Å². The van der Waals surface area contributed by atoms with Crippen molar-refractivity contribution in [3.63, 3.8) is 0 Å². The van der Waals surface area contributed by atoms with Crippen molar-refractivity contribution in [2.45, 2.75) is 13.8 Å². The van der Waals surface area contributed by atoms with Gasteiger partial charge in [0.2, 0.25) is 0 Å². The molecule has 0 unspecified atom stereocenters. The second-order valence-electron chi connectivity index (χ2n) is 4.68. The second kappa shape index (κ2) is 4.69. The van der Waals surface area contributed by atoms with Crippen molar-refractivity contribution < 1.29 is 0 Å². The zero-order valence-electron chi connectivity index (χ0n) is 11.0. The first-order valence-corrected chi connectivity index (χ1v) is 6.29. The van der Waals surface area contributed by atoms with Gasteiger partial charge in [-0.1, -0.05) is 35.9 Å². The van der Waals surface area contributed by atoms with E-state index in [0.29, 0.717) is 0 Å². The van der Waals surface area contributed by atoms with E-state index in [4.69, 9.17) is 0 Å². The van der Waals surface area contributed by atoms with Gasteiger partial charge in [0.05, 0.1) is 0 Å². The molecular weight excluding hydrogens is 234 g/mol. The topological polar surface area (TPSA) is 30.7 Å². The minimum absolute atomic E-state index is 0.882. The van der Waals surface area contributed by atoms with E-state index in [2.05, 4.69) is 54.4 Å². The van der Waals surface area contributed by atoms with E-state index in [1.54, 1.807) is 6.33 Å². The molecule has 3 rings (SSSR count). The molecule has 0 saturated heterocycles. The number of para-hydroxylation sites is 1. The smallest absolute Gasteiger partial charge is 0.168 e. The summed E-state index contributed by atoms with van der Waals surface area (Å²) in [5.74, 6) is 0.882. The lowest BCUT2D eigenvalue weighted by molar-refractivity contribution is 1.06. The zero-order valence-corrected chi connectivity index (χ0v) is 11.0. The molecule has 94 valence electrons. The van der Waals surface area contributed by atoms with Gasteiger partial charge in [-0.15, -0.1) is 10.2 Å². The van der Waals surface area contributed by atoms with Crippen molar-refractivity contribution in [3.8, 4) is 17.1 Å². The van der Waals surface area contributed by atoms with Gasteiger partial charge >= 0.3 is 0 Å². The molecule has 0 N–H and O–H groups in total. The fourth-order valence-corrected chi connectivity index (χ4v) is 2.17.